The number of aryl methyl sites for hydroxylation is 1. The molecule has 0 bridgehead atoms. The van der Waals surface area contributed by atoms with Gasteiger partial charge in [-0.05, 0) is 30.7 Å². The predicted octanol–water partition coefficient (Wildman–Crippen LogP) is 2.97. The highest BCUT2D eigenvalue weighted by Gasteiger charge is 2.20. The number of rotatable bonds is 6. The molecule has 1 aromatic carbocycles. The number of aromatic nitrogens is 3. The Hall–Kier alpha value is -2.24. The molecule has 0 aliphatic carbocycles. The van der Waals surface area contributed by atoms with E-state index in [-0.39, 0.29) is 11.5 Å². The normalized spacial score (nSPS) is 10.7. The Morgan fingerprint density at radius 2 is 2.00 bits per heavy atom. The first-order valence-corrected chi connectivity index (χ1v) is 6.56. The zero-order chi connectivity index (χ0) is 14.5. The summed E-state index contributed by atoms with van der Waals surface area (Å²) in [5.74, 6) is -1.50. The molecule has 106 valence electrons. The lowest BCUT2D eigenvalue weighted by Gasteiger charge is -2.07. The largest absolute Gasteiger partial charge is 0.476 e. The van der Waals surface area contributed by atoms with E-state index >= 15 is 0 Å². The van der Waals surface area contributed by atoms with Gasteiger partial charge in [-0.25, -0.2) is 13.9 Å². The van der Waals surface area contributed by atoms with Crippen molar-refractivity contribution in [1.82, 2.24) is 15.0 Å². The number of hydrogen-bond donors (Lipinski definition) is 1. The predicted molar refractivity (Wildman–Crippen MR) is 71.9 cm³/mol. The minimum Gasteiger partial charge on any atom is -0.476 e. The van der Waals surface area contributed by atoms with Crippen LogP contribution in [0.15, 0.2) is 24.3 Å². The van der Waals surface area contributed by atoms with Gasteiger partial charge in [0.15, 0.2) is 5.69 Å². The van der Waals surface area contributed by atoms with Crippen LogP contribution in [0.5, 0.6) is 0 Å². The lowest BCUT2D eigenvalue weighted by atomic mass is 10.1. The van der Waals surface area contributed by atoms with Gasteiger partial charge in [0.05, 0.1) is 0 Å². The van der Waals surface area contributed by atoms with E-state index in [0.29, 0.717) is 17.8 Å². The summed E-state index contributed by atoms with van der Waals surface area (Å²) in [5, 5.41) is 16.8. The molecule has 1 aromatic heterocycles. The Morgan fingerprint density at radius 3 is 2.60 bits per heavy atom. The minimum absolute atomic E-state index is 0.104. The molecule has 5 nitrogen and oxygen atoms in total. The van der Waals surface area contributed by atoms with Crippen LogP contribution in [0, 0.1) is 5.82 Å². The summed E-state index contributed by atoms with van der Waals surface area (Å²) in [6.07, 6.45) is 2.99. The van der Waals surface area contributed by atoms with Gasteiger partial charge in [-0.2, -0.15) is 0 Å². The van der Waals surface area contributed by atoms with Crippen molar-refractivity contribution in [1.29, 1.82) is 0 Å². The van der Waals surface area contributed by atoms with Crippen LogP contribution in [-0.2, 0) is 6.54 Å². The van der Waals surface area contributed by atoms with Crippen molar-refractivity contribution in [3.05, 3.63) is 35.8 Å². The van der Waals surface area contributed by atoms with Crippen molar-refractivity contribution < 1.29 is 14.3 Å². The molecule has 0 fully saturated rings. The SMILES string of the molecule is CCCCCn1nnc(C(=O)O)c1-c1ccc(F)cc1. The maximum atomic E-state index is 13.0. The van der Waals surface area contributed by atoms with Gasteiger partial charge in [-0.3, -0.25) is 0 Å². The van der Waals surface area contributed by atoms with Crippen molar-refractivity contribution in [3.63, 3.8) is 0 Å². The molecule has 0 atom stereocenters. The van der Waals surface area contributed by atoms with Crippen molar-refractivity contribution in [2.75, 3.05) is 0 Å². The molecule has 0 aliphatic rings. The van der Waals surface area contributed by atoms with Gasteiger partial charge in [0.2, 0.25) is 0 Å². The Labute approximate surface area is 116 Å². The molecule has 2 aromatic rings. The van der Waals surface area contributed by atoms with Crippen molar-refractivity contribution in [2.45, 2.75) is 32.7 Å². The summed E-state index contributed by atoms with van der Waals surface area (Å²) in [7, 11) is 0. The van der Waals surface area contributed by atoms with E-state index in [1.54, 1.807) is 4.68 Å². The number of benzene rings is 1. The van der Waals surface area contributed by atoms with E-state index in [1.165, 1.54) is 24.3 Å². The zero-order valence-electron chi connectivity index (χ0n) is 11.2. The molecule has 20 heavy (non-hydrogen) atoms. The average Bonchev–Trinajstić information content (AvgIpc) is 2.84. The summed E-state index contributed by atoms with van der Waals surface area (Å²) < 4.78 is 14.6. The Kier molecular flexibility index (Phi) is 4.45. The number of nitrogens with zero attached hydrogens (tertiary/aromatic N) is 3. The third-order valence-electron chi connectivity index (χ3n) is 3.03. The van der Waals surface area contributed by atoms with Gasteiger partial charge in [0.25, 0.3) is 0 Å². The van der Waals surface area contributed by atoms with Gasteiger partial charge in [0, 0.05) is 12.1 Å². The fraction of sp³-hybridized carbons (Fsp3) is 0.357. The van der Waals surface area contributed by atoms with Crippen LogP contribution in [0.1, 0.15) is 36.7 Å². The van der Waals surface area contributed by atoms with Gasteiger partial charge in [0.1, 0.15) is 11.5 Å². The van der Waals surface area contributed by atoms with E-state index in [4.69, 9.17) is 0 Å². The first kappa shape index (κ1) is 14.2. The number of unbranched alkanes of at least 4 members (excludes halogenated alkanes) is 2. The average molecular weight is 277 g/mol. The zero-order valence-corrected chi connectivity index (χ0v) is 11.2. The molecule has 0 saturated carbocycles. The van der Waals surface area contributed by atoms with Crippen LogP contribution in [0.2, 0.25) is 0 Å². The summed E-state index contributed by atoms with van der Waals surface area (Å²) in [4.78, 5) is 11.2. The van der Waals surface area contributed by atoms with Crippen LogP contribution in [-0.4, -0.2) is 26.1 Å². The van der Waals surface area contributed by atoms with E-state index in [0.717, 1.165) is 19.3 Å². The molecular formula is C14H16FN3O2. The summed E-state index contributed by atoms with van der Waals surface area (Å²) in [6.45, 7) is 2.69. The molecule has 0 amide bonds. The van der Waals surface area contributed by atoms with E-state index in [2.05, 4.69) is 17.2 Å². The molecule has 2 rings (SSSR count). The van der Waals surface area contributed by atoms with Gasteiger partial charge >= 0.3 is 5.97 Å². The molecule has 1 heterocycles. The van der Waals surface area contributed by atoms with Crippen molar-refractivity contribution in [2.24, 2.45) is 0 Å². The Balaban J connectivity index is 2.38. The fourth-order valence-corrected chi connectivity index (χ4v) is 2.02. The number of aromatic carboxylic acids is 1. The smallest absolute Gasteiger partial charge is 0.358 e. The molecule has 0 unspecified atom stereocenters. The number of carboxylic acids is 1. The topological polar surface area (TPSA) is 68.0 Å². The first-order chi connectivity index (χ1) is 9.63. The first-order valence-electron chi connectivity index (χ1n) is 6.56. The lowest BCUT2D eigenvalue weighted by Crippen LogP contribution is -2.05. The molecule has 0 aliphatic heterocycles. The minimum atomic E-state index is -1.13. The van der Waals surface area contributed by atoms with E-state index in [1.807, 2.05) is 0 Å². The van der Waals surface area contributed by atoms with Gasteiger partial charge in [-0.15, -0.1) is 5.10 Å². The van der Waals surface area contributed by atoms with Crippen LogP contribution < -0.4 is 0 Å². The highest BCUT2D eigenvalue weighted by Crippen LogP contribution is 2.23. The summed E-state index contributed by atoms with van der Waals surface area (Å²) in [5.41, 5.74) is 0.923. The standard InChI is InChI=1S/C14H16FN3O2/c1-2-3-4-9-18-13(12(14(19)20)16-17-18)10-5-7-11(15)8-6-10/h5-8H,2-4,9H2,1H3,(H,19,20). The number of halogens is 1. The molecular weight excluding hydrogens is 261 g/mol. The molecule has 0 radical (unpaired) electrons. The van der Waals surface area contributed by atoms with E-state index < -0.39 is 5.97 Å². The van der Waals surface area contributed by atoms with Crippen LogP contribution in [0.4, 0.5) is 4.39 Å². The van der Waals surface area contributed by atoms with Crippen LogP contribution in [0.3, 0.4) is 0 Å². The lowest BCUT2D eigenvalue weighted by molar-refractivity contribution is 0.0691. The molecule has 1 N–H and O–H groups in total. The Bertz CT molecular complexity index is 593. The monoisotopic (exact) mass is 277 g/mol. The maximum absolute atomic E-state index is 13.0. The highest BCUT2D eigenvalue weighted by atomic mass is 19.1. The second-order valence-electron chi connectivity index (χ2n) is 4.53. The number of carbonyl (C=O) groups is 1. The third kappa shape index (κ3) is 3.01. The maximum Gasteiger partial charge on any atom is 0.358 e. The molecule has 0 spiro atoms. The van der Waals surface area contributed by atoms with Gasteiger partial charge in [-0.1, -0.05) is 25.0 Å². The Morgan fingerprint density at radius 1 is 1.30 bits per heavy atom. The molecule has 6 heteroatoms. The van der Waals surface area contributed by atoms with Gasteiger partial charge < -0.3 is 5.11 Å². The van der Waals surface area contributed by atoms with Crippen LogP contribution >= 0.6 is 0 Å². The molecule has 0 saturated heterocycles. The third-order valence-corrected chi connectivity index (χ3v) is 3.03. The highest BCUT2D eigenvalue weighted by molar-refractivity contribution is 5.92. The van der Waals surface area contributed by atoms with Crippen LogP contribution in [0.25, 0.3) is 11.3 Å². The quantitative estimate of drug-likeness (QED) is 0.824. The van der Waals surface area contributed by atoms with Crippen molar-refractivity contribution in [3.8, 4) is 11.3 Å². The fourth-order valence-electron chi connectivity index (χ4n) is 2.02. The summed E-state index contributed by atoms with van der Waals surface area (Å²) >= 11 is 0. The summed E-state index contributed by atoms with van der Waals surface area (Å²) in [6, 6.07) is 5.67. The number of carboxylic acid groups (broad SMARTS) is 1. The second-order valence-corrected chi connectivity index (χ2v) is 4.53. The second kappa shape index (κ2) is 6.27. The van der Waals surface area contributed by atoms with Crippen molar-refractivity contribution >= 4 is 5.97 Å². The van der Waals surface area contributed by atoms with E-state index in [9.17, 15) is 14.3 Å². The number of hydrogen-bond acceptors (Lipinski definition) is 3.